The first kappa shape index (κ1) is 19.8. The summed E-state index contributed by atoms with van der Waals surface area (Å²) in [6, 6.07) is 14.0. The number of tetrazole rings is 1. The van der Waals surface area contributed by atoms with Crippen LogP contribution in [0.4, 0.5) is 17.6 Å². The standard InChI is InChI=1S/C20H21N9S/c1-12-4-7-15(8-5-12)22-19-24-17(23-18(21)25-19)11-30-20-26-27-28-29(20)16-9-6-13(2)14(3)10-16/h4-10H,11H2,1-3H3,(H3,21,22,23,24,25). The molecule has 10 heteroatoms. The third-order valence-corrected chi connectivity index (χ3v) is 5.43. The van der Waals surface area contributed by atoms with Gasteiger partial charge in [0.25, 0.3) is 0 Å². The van der Waals surface area contributed by atoms with Gasteiger partial charge in [-0.1, -0.05) is 35.5 Å². The van der Waals surface area contributed by atoms with Gasteiger partial charge in [0.1, 0.15) is 5.82 Å². The van der Waals surface area contributed by atoms with Crippen LogP contribution in [-0.4, -0.2) is 35.2 Å². The van der Waals surface area contributed by atoms with E-state index in [1.54, 1.807) is 4.68 Å². The van der Waals surface area contributed by atoms with Crippen molar-refractivity contribution in [1.29, 1.82) is 0 Å². The zero-order valence-corrected chi connectivity index (χ0v) is 17.7. The molecule has 2 heterocycles. The Balaban J connectivity index is 1.50. The molecule has 30 heavy (non-hydrogen) atoms. The predicted octanol–water partition coefficient (Wildman–Crippen LogP) is 3.39. The van der Waals surface area contributed by atoms with Crippen LogP contribution in [-0.2, 0) is 5.75 Å². The summed E-state index contributed by atoms with van der Waals surface area (Å²) in [5.74, 6) is 1.54. The summed E-state index contributed by atoms with van der Waals surface area (Å²) < 4.78 is 1.70. The molecule has 0 amide bonds. The van der Waals surface area contributed by atoms with Crippen LogP contribution < -0.4 is 11.1 Å². The lowest BCUT2D eigenvalue weighted by molar-refractivity contribution is 0.755. The van der Waals surface area contributed by atoms with Crippen molar-refractivity contribution in [1.82, 2.24) is 35.2 Å². The van der Waals surface area contributed by atoms with Crippen molar-refractivity contribution in [2.75, 3.05) is 11.1 Å². The van der Waals surface area contributed by atoms with E-state index in [2.05, 4.69) is 61.8 Å². The van der Waals surface area contributed by atoms with Crippen molar-refractivity contribution in [2.45, 2.75) is 31.7 Å². The molecule has 4 aromatic rings. The van der Waals surface area contributed by atoms with E-state index < -0.39 is 0 Å². The van der Waals surface area contributed by atoms with E-state index >= 15 is 0 Å². The zero-order valence-electron chi connectivity index (χ0n) is 16.9. The molecule has 0 atom stereocenters. The maximum absolute atomic E-state index is 5.88. The maximum Gasteiger partial charge on any atom is 0.232 e. The molecular formula is C20H21N9S. The van der Waals surface area contributed by atoms with Crippen molar-refractivity contribution < 1.29 is 0 Å². The molecule has 2 aromatic heterocycles. The summed E-state index contributed by atoms with van der Waals surface area (Å²) in [5, 5.41) is 15.9. The van der Waals surface area contributed by atoms with Gasteiger partial charge < -0.3 is 11.1 Å². The number of aromatic nitrogens is 7. The monoisotopic (exact) mass is 419 g/mol. The van der Waals surface area contributed by atoms with E-state index in [1.165, 1.54) is 28.5 Å². The smallest absolute Gasteiger partial charge is 0.232 e. The van der Waals surface area contributed by atoms with Crippen LogP contribution in [0, 0.1) is 20.8 Å². The van der Waals surface area contributed by atoms with E-state index in [0.29, 0.717) is 22.7 Å². The van der Waals surface area contributed by atoms with Crippen molar-refractivity contribution in [2.24, 2.45) is 0 Å². The van der Waals surface area contributed by atoms with Crippen LogP contribution in [0.15, 0.2) is 47.6 Å². The van der Waals surface area contributed by atoms with Gasteiger partial charge in [-0.25, -0.2) is 0 Å². The number of nitrogens with one attached hydrogen (secondary N) is 1. The van der Waals surface area contributed by atoms with Crippen LogP contribution in [0.3, 0.4) is 0 Å². The number of rotatable bonds is 6. The molecule has 0 unspecified atom stereocenters. The number of hydrogen-bond donors (Lipinski definition) is 2. The zero-order chi connectivity index (χ0) is 21.1. The largest absolute Gasteiger partial charge is 0.368 e. The Bertz CT molecular complexity index is 1170. The molecule has 0 fully saturated rings. The number of hydrogen-bond acceptors (Lipinski definition) is 9. The molecule has 4 rings (SSSR count). The Morgan fingerprint density at radius 1 is 0.967 bits per heavy atom. The molecule has 0 spiro atoms. The Hall–Kier alpha value is -3.53. The second-order valence-electron chi connectivity index (χ2n) is 6.85. The van der Waals surface area contributed by atoms with E-state index in [1.807, 2.05) is 37.3 Å². The minimum Gasteiger partial charge on any atom is -0.368 e. The lowest BCUT2D eigenvalue weighted by Gasteiger charge is -2.08. The van der Waals surface area contributed by atoms with Gasteiger partial charge in [-0.2, -0.15) is 19.6 Å². The van der Waals surface area contributed by atoms with Crippen LogP contribution >= 0.6 is 11.8 Å². The van der Waals surface area contributed by atoms with Crippen molar-refractivity contribution in [3.63, 3.8) is 0 Å². The van der Waals surface area contributed by atoms with Gasteiger partial charge in [-0.3, -0.25) is 0 Å². The Labute approximate surface area is 178 Å². The van der Waals surface area contributed by atoms with Crippen molar-refractivity contribution in [3.8, 4) is 5.69 Å². The van der Waals surface area contributed by atoms with Gasteiger partial charge in [0.15, 0.2) is 0 Å². The highest BCUT2D eigenvalue weighted by Crippen LogP contribution is 2.23. The minimum absolute atomic E-state index is 0.156. The minimum atomic E-state index is 0.156. The summed E-state index contributed by atoms with van der Waals surface area (Å²) in [4.78, 5) is 12.9. The highest BCUT2D eigenvalue weighted by atomic mass is 32.2. The first-order chi connectivity index (χ1) is 14.5. The molecule has 0 bridgehead atoms. The maximum atomic E-state index is 5.88. The lowest BCUT2D eigenvalue weighted by Crippen LogP contribution is -2.07. The fourth-order valence-electron chi connectivity index (χ4n) is 2.74. The SMILES string of the molecule is Cc1ccc(Nc2nc(N)nc(CSc3nnnn3-c3ccc(C)c(C)c3)n2)cc1. The van der Waals surface area contributed by atoms with Crippen molar-refractivity contribution >= 4 is 29.3 Å². The summed E-state index contributed by atoms with van der Waals surface area (Å²) in [6.07, 6.45) is 0. The fraction of sp³-hybridized carbons (Fsp3) is 0.200. The molecule has 0 saturated heterocycles. The van der Waals surface area contributed by atoms with Gasteiger partial charge in [-0.05, 0) is 66.6 Å². The van der Waals surface area contributed by atoms with Gasteiger partial charge in [0.2, 0.25) is 17.1 Å². The van der Waals surface area contributed by atoms with E-state index in [-0.39, 0.29) is 5.95 Å². The first-order valence-corrected chi connectivity index (χ1v) is 10.3. The average Bonchev–Trinajstić information content (AvgIpc) is 3.18. The molecule has 152 valence electrons. The Morgan fingerprint density at radius 3 is 2.53 bits per heavy atom. The molecule has 0 aliphatic rings. The number of nitrogens with zero attached hydrogens (tertiary/aromatic N) is 7. The molecule has 9 nitrogen and oxygen atoms in total. The van der Waals surface area contributed by atoms with Crippen LogP contribution in [0.2, 0.25) is 0 Å². The topological polar surface area (TPSA) is 120 Å². The number of nitrogen functional groups attached to an aromatic ring is 1. The van der Waals surface area contributed by atoms with E-state index in [9.17, 15) is 0 Å². The predicted molar refractivity (Wildman–Crippen MR) is 117 cm³/mol. The highest BCUT2D eigenvalue weighted by molar-refractivity contribution is 7.98. The number of aryl methyl sites for hydroxylation is 3. The number of thioether (sulfide) groups is 1. The second kappa shape index (κ2) is 8.46. The normalized spacial score (nSPS) is 10.9. The first-order valence-electron chi connectivity index (χ1n) is 9.31. The van der Waals surface area contributed by atoms with Gasteiger partial charge >= 0.3 is 0 Å². The second-order valence-corrected chi connectivity index (χ2v) is 7.80. The fourth-order valence-corrected chi connectivity index (χ4v) is 3.49. The van der Waals surface area contributed by atoms with Crippen LogP contribution in [0.1, 0.15) is 22.5 Å². The molecular weight excluding hydrogens is 398 g/mol. The van der Waals surface area contributed by atoms with Gasteiger partial charge in [0.05, 0.1) is 11.4 Å². The summed E-state index contributed by atoms with van der Waals surface area (Å²) >= 11 is 1.43. The summed E-state index contributed by atoms with van der Waals surface area (Å²) in [6.45, 7) is 6.17. The number of nitrogens with two attached hydrogens (primary N) is 1. The average molecular weight is 420 g/mol. The lowest BCUT2D eigenvalue weighted by atomic mass is 10.1. The molecule has 0 aliphatic heterocycles. The van der Waals surface area contributed by atoms with Crippen LogP contribution in [0.5, 0.6) is 0 Å². The van der Waals surface area contributed by atoms with Gasteiger partial charge in [0, 0.05) is 5.69 Å². The van der Waals surface area contributed by atoms with E-state index in [0.717, 1.165) is 11.4 Å². The third kappa shape index (κ3) is 4.54. The Kier molecular flexibility index (Phi) is 5.57. The molecule has 2 aromatic carbocycles. The van der Waals surface area contributed by atoms with Gasteiger partial charge in [-0.15, -0.1) is 5.10 Å². The molecule has 3 N–H and O–H groups in total. The van der Waals surface area contributed by atoms with Crippen LogP contribution in [0.25, 0.3) is 5.69 Å². The summed E-state index contributed by atoms with van der Waals surface area (Å²) in [7, 11) is 0. The van der Waals surface area contributed by atoms with Crippen molar-refractivity contribution in [3.05, 3.63) is 65.0 Å². The number of anilines is 3. The summed E-state index contributed by atoms with van der Waals surface area (Å²) in [5.41, 5.74) is 11.2. The Morgan fingerprint density at radius 2 is 1.77 bits per heavy atom. The third-order valence-electron chi connectivity index (χ3n) is 4.51. The quantitative estimate of drug-likeness (QED) is 0.453. The number of benzene rings is 2. The van der Waals surface area contributed by atoms with E-state index in [4.69, 9.17) is 5.73 Å². The molecule has 0 saturated carbocycles. The highest BCUT2D eigenvalue weighted by Gasteiger charge is 2.12. The molecule has 0 aliphatic carbocycles. The molecule has 0 radical (unpaired) electrons.